The summed E-state index contributed by atoms with van der Waals surface area (Å²) in [5.41, 5.74) is 2.74. The molecule has 2 aromatic carbocycles. The van der Waals surface area contributed by atoms with Gasteiger partial charge in [-0.2, -0.15) is 0 Å². The molecule has 4 aliphatic heterocycles. The Balaban J connectivity index is 1.29. The average Bonchev–Trinajstić information content (AvgIpc) is 3.41. The molecule has 0 bridgehead atoms. The number of nitrogens with zero attached hydrogens (tertiary/aromatic N) is 3. The largest absolute Gasteiger partial charge is 0.326 e. The van der Waals surface area contributed by atoms with E-state index >= 15 is 4.39 Å². The number of likely N-dealkylation sites (tertiary alicyclic amines) is 1. The lowest BCUT2D eigenvalue weighted by atomic mass is 10.00. The van der Waals surface area contributed by atoms with E-state index in [1.54, 1.807) is 29.2 Å². The molecule has 4 aliphatic rings. The Bertz CT molecular complexity index is 1390. The molecule has 2 fully saturated rings. The molecule has 0 spiro atoms. The number of fused-ring (bicyclic) bond motifs is 2. The van der Waals surface area contributed by atoms with Crippen LogP contribution in [0.2, 0.25) is 5.02 Å². The number of halogens is 2. The van der Waals surface area contributed by atoms with Crippen LogP contribution in [0.5, 0.6) is 0 Å². The summed E-state index contributed by atoms with van der Waals surface area (Å²) in [4.78, 5) is 56.9. The van der Waals surface area contributed by atoms with Gasteiger partial charge in [-0.3, -0.25) is 24.5 Å². The van der Waals surface area contributed by atoms with Crippen molar-refractivity contribution in [3.8, 4) is 0 Å². The first-order valence-corrected chi connectivity index (χ1v) is 13.9. The predicted octanol–water partition coefficient (Wildman–Crippen LogP) is 3.98. The van der Waals surface area contributed by atoms with Crippen molar-refractivity contribution in [1.29, 1.82) is 0 Å². The molecule has 4 heterocycles. The second kappa shape index (κ2) is 10.0. The number of hydrogen-bond acceptors (Lipinski definition) is 5. The first-order valence-electron chi connectivity index (χ1n) is 13.5. The van der Waals surface area contributed by atoms with Gasteiger partial charge in [0.05, 0.1) is 17.1 Å². The Labute approximate surface area is 231 Å². The van der Waals surface area contributed by atoms with E-state index < -0.39 is 23.8 Å². The number of imide groups is 1. The van der Waals surface area contributed by atoms with Crippen LogP contribution >= 0.6 is 11.6 Å². The maximum absolute atomic E-state index is 15.1. The predicted molar refractivity (Wildman–Crippen MR) is 142 cm³/mol. The first-order chi connectivity index (χ1) is 18.7. The second-order valence-corrected chi connectivity index (χ2v) is 11.3. The summed E-state index contributed by atoms with van der Waals surface area (Å²) in [5.74, 6) is -1.85. The van der Waals surface area contributed by atoms with Gasteiger partial charge in [-0.1, -0.05) is 24.1 Å². The lowest BCUT2D eigenvalue weighted by Crippen LogP contribution is -2.53. The molecule has 1 N–H and O–H groups in total. The fourth-order valence-corrected chi connectivity index (χ4v) is 6.73. The van der Waals surface area contributed by atoms with Crippen LogP contribution < -0.4 is 5.32 Å². The second-order valence-electron chi connectivity index (χ2n) is 10.9. The van der Waals surface area contributed by atoms with Crippen LogP contribution in [-0.4, -0.2) is 64.0 Å². The first kappa shape index (κ1) is 26.0. The number of carbonyl (C=O) groups excluding carboxylic acids is 4. The molecule has 0 aromatic heterocycles. The van der Waals surface area contributed by atoms with Gasteiger partial charge in [0.2, 0.25) is 11.8 Å². The van der Waals surface area contributed by atoms with E-state index in [2.05, 4.69) is 10.2 Å². The number of carbonyl (C=O) groups is 4. The van der Waals surface area contributed by atoms with E-state index in [9.17, 15) is 19.2 Å². The maximum atomic E-state index is 15.1. The van der Waals surface area contributed by atoms with E-state index in [4.69, 9.17) is 11.6 Å². The Morgan fingerprint density at radius 1 is 1.08 bits per heavy atom. The zero-order valence-electron chi connectivity index (χ0n) is 21.7. The Kier molecular flexibility index (Phi) is 6.67. The molecule has 3 atom stereocenters. The molecule has 6 rings (SSSR count). The summed E-state index contributed by atoms with van der Waals surface area (Å²) >= 11 is 6.09. The zero-order chi connectivity index (χ0) is 27.4. The molecule has 4 amide bonds. The lowest BCUT2D eigenvalue weighted by molar-refractivity contribution is -0.137. The van der Waals surface area contributed by atoms with Crippen LogP contribution in [0.4, 0.5) is 4.39 Å². The van der Waals surface area contributed by atoms with Gasteiger partial charge in [0.15, 0.2) is 0 Å². The molecule has 8 nitrogen and oxygen atoms in total. The third-order valence-electron chi connectivity index (χ3n) is 8.61. The Hall–Kier alpha value is -3.30. The van der Waals surface area contributed by atoms with Crippen LogP contribution in [0, 0.1) is 5.82 Å². The van der Waals surface area contributed by atoms with Crippen LogP contribution in [0.3, 0.4) is 0 Å². The van der Waals surface area contributed by atoms with E-state index in [0.29, 0.717) is 28.8 Å². The third-order valence-corrected chi connectivity index (χ3v) is 8.91. The van der Waals surface area contributed by atoms with Crippen molar-refractivity contribution in [2.24, 2.45) is 0 Å². The molecule has 0 unspecified atom stereocenters. The molecule has 0 radical (unpaired) electrons. The summed E-state index contributed by atoms with van der Waals surface area (Å²) in [5, 5.41) is 2.36. The molecule has 10 heteroatoms. The monoisotopic (exact) mass is 552 g/mol. The lowest BCUT2D eigenvalue weighted by Gasteiger charge is -2.33. The van der Waals surface area contributed by atoms with Gasteiger partial charge < -0.3 is 14.7 Å². The highest BCUT2D eigenvalue weighted by atomic mass is 35.5. The van der Waals surface area contributed by atoms with E-state index in [0.717, 1.165) is 31.5 Å². The standard InChI is InChI=1S/C29H30ClFN4O4/c1-16-20-13-17(5-6-19(20)29(39)35(16)23-9-10-25(36)32-27(23)37)28(38)34-14-21-18(7-8-22(30)26(21)31)24(34)15-33-11-3-2-4-12-33/h5-8,13,16,23-24H,2-4,9-12,14-15H2,1H3,(H,32,36,37)/t16-,23+,24+/m1/s1. The zero-order valence-corrected chi connectivity index (χ0v) is 22.5. The van der Waals surface area contributed by atoms with Crippen molar-refractivity contribution < 1.29 is 23.6 Å². The summed E-state index contributed by atoms with van der Waals surface area (Å²) in [7, 11) is 0. The van der Waals surface area contributed by atoms with Gasteiger partial charge in [0.25, 0.3) is 11.8 Å². The van der Waals surface area contributed by atoms with Crippen molar-refractivity contribution >= 4 is 35.2 Å². The molecular weight excluding hydrogens is 523 g/mol. The van der Waals surface area contributed by atoms with Gasteiger partial charge in [-0.25, -0.2) is 4.39 Å². The summed E-state index contributed by atoms with van der Waals surface area (Å²) in [6.45, 7) is 4.44. The highest BCUT2D eigenvalue weighted by Gasteiger charge is 2.44. The minimum Gasteiger partial charge on any atom is -0.326 e. The molecule has 0 saturated carbocycles. The number of amides is 4. The molecule has 204 valence electrons. The van der Waals surface area contributed by atoms with E-state index in [1.165, 1.54) is 11.3 Å². The third kappa shape index (κ3) is 4.41. The summed E-state index contributed by atoms with van der Waals surface area (Å²) < 4.78 is 15.1. The molecular formula is C29H30ClFN4O4. The highest BCUT2D eigenvalue weighted by Crippen LogP contribution is 2.41. The van der Waals surface area contributed by atoms with Crippen LogP contribution in [-0.2, 0) is 16.1 Å². The van der Waals surface area contributed by atoms with Crippen molar-refractivity contribution in [3.05, 3.63) is 69.0 Å². The minimum atomic E-state index is -0.744. The number of nitrogens with one attached hydrogen (secondary N) is 1. The topological polar surface area (TPSA) is 90.0 Å². The average molecular weight is 553 g/mol. The number of piperidine rings is 2. The van der Waals surface area contributed by atoms with E-state index in [-0.39, 0.29) is 48.2 Å². The Morgan fingerprint density at radius 2 is 1.85 bits per heavy atom. The fourth-order valence-electron chi connectivity index (χ4n) is 6.55. The minimum absolute atomic E-state index is 0.0400. The van der Waals surface area contributed by atoms with Gasteiger partial charge in [-0.15, -0.1) is 0 Å². The van der Waals surface area contributed by atoms with Crippen molar-refractivity contribution in [2.45, 2.75) is 63.7 Å². The van der Waals surface area contributed by atoms with E-state index in [1.807, 2.05) is 13.0 Å². The van der Waals surface area contributed by atoms with Crippen LogP contribution in [0.15, 0.2) is 30.3 Å². The van der Waals surface area contributed by atoms with Gasteiger partial charge in [0, 0.05) is 36.2 Å². The summed E-state index contributed by atoms with van der Waals surface area (Å²) in [6.07, 6.45) is 3.82. The molecule has 2 saturated heterocycles. The number of benzene rings is 2. The fraction of sp³-hybridized carbons (Fsp3) is 0.448. The normalized spacial score (nSPS) is 25.1. The molecule has 0 aliphatic carbocycles. The molecule has 39 heavy (non-hydrogen) atoms. The smallest absolute Gasteiger partial charge is 0.255 e. The maximum Gasteiger partial charge on any atom is 0.255 e. The molecule has 2 aromatic rings. The SMILES string of the molecule is C[C@@H]1c2cc(C(=O)N3Cc4c(ccc(Cl)c4F)[C@@H]3CN3CCCCC3)ccc2C(=O)N1[C@H]1CCC(=O)NC1=O. The number of rotatable bonds is 4. The summed E-state index contributed by atoms with van der Waals surface area (Å²) in [6, 6.07) is 6.85. The van der Waals surface area contributed by atoms with Gasteiger partial charge >= 0.3 is 0 Å². The Morgan fingerprint density at radius 3 is 2.59 bits per heavy atom. The van der Waals surface area contributed by atoms with Crippen molar-refractivity contribution in [2.75, 3.05) is 19.6 Å². The van der Waals surface area contributed by atoms with Crippen LogP contribution in [0.25, 0.3) is 0 Å². The van der Waals surface area contributed by atoms with Crippen molar-refractivity contribution in [1.82, 2.24) is 20.0 Å². The van der Waals surface area contributed by atoms with Crippen molar-refractivity contribution in [3.63, 3.8) is 0 Å². The van der Waals surface area contributed by atoms with Gasteiger partial charge in [-0.05, 0) is 74.7 Å². The quantitative estimate of drug-likeness (QED) is 0.580. The number of hydrogen-bond donors (Lipinski definition) is 1. The van der Waals surface area contributed by atoms with Crippen LogP contribution in [0.1, 0.15) is 88.5 Å². The highest BCUT2D eigenvalue weighted by molar-refractivity contribution is 6.30. The van der Waals surface area contributed by atoms with Gasteiger partial charge in [0.1, 0.15) is 11.9 Å².